The zero-order valence-electron chi connectivity index (χ0n) is 8.86. The fourth-order valence-electron chi connectivity index (χ4n) is 1.09. The summed E-state index contributed by atoms with van der Waals surface area (Å²) in [5.74, 6) is 0. The van der Waals surface area contributed by atoms with Crippen LogP contribution in [0.15, 0.2) is 24.3 Å². The molecule has 0 aliphatic carbocycles. The fourth-order valence-corrected chi connectivity index (χ4v) is 1.57. The molecule has 2 aromatic rings. The van der Waals surface area contributed by atoms with Gasteiger partial charge in [-0.3, -0.25) is 4.28 Å². The monoisotopic (exact) mass is 241 g/mol. The van der Waals surface area contributed by atoms with Crippen LogP contribution >= 0.6 is 0 Å². The summed E-state index contributed by atoms with van der Waals surface area (Å²) in [6, 6.07) is 6.96. The van der Waals surface area contributed by atoms with Gasteiger partial charge in [0.25, 0.3) is 0 Å². The molecule has 86 valence electrons. The number of nitrogens with zero attached hydrogens (tertiary/aromatic N) is 3. The quantitative estimate of drug-likeness (QED) is 0.786. The van der Waals surface area contributed by atoms with Gasteiger partial charge in [-0.2, -0.15) is 8.42 Å². The van der Waals surface area contributed by atoms with E-state index in [0.29, 0.717) is 11.0 Å². The van der Waals surface area contributed by atoms with Crippen molar-refractivity contribution in [3.05, 3.63) is 24.3 Å². The molecule has 1 aromatic carbocycles. The Morgan fingerprint density at radius 1 is 1.31 bits per heavy atom. The summed E-state index contributed by atoms with van der Waals surface area (Å²) in [5, 5.41) is 6.78. The van der Waals surface area contributed by atoms with E-state index in [-0.39, 0.29) is 0 Å². The summed E-state index contributed by atoms with van der Waals surface area (Å²) in [5.41, 5.74) is 1.10. The Hall–Kier alpha value is -1.63. The largest absolute Gasteiger partial charge is 0.330 e. The Kier molecular flexibility index (Phi) is 2.55. The number of aromatic nitrogens is 3. The lowest BCUT2D eigenvalue weighted by Crippen LogP contribution is -2.28. The first-order chi connectivity index (χ1) is 7.50. The smallest absolute Gasteiger partial charge is 0.267 e. The molecule has 0 N–H and O–H groups in total. The predicted molar refractivity (Wildman–Crippen MR) is 58.2 cm³/mol. The van der Waals surface area contributed by atoms with Gasteiger partial charge in [-0.1, -0.05) is 17.0 Å². The van der Waals surface area contributed by atoms with Crippen LogP contribution in [0, 0.1) is 0 Å². The number of rotatable bonds is 3. The van der Waals surface area contributed by atoms with E-state index in [0.717, 1.165) is 4.85 Å². The van der Waals surface area contributed by atoms with Crippen molar-refractivity contribution in [3.63, 3.8) is 0 Å². The second-order valence-electron chi connectivity index (χ2n) is 3.57. The van der Waals surface area contributed by atoms with Gasteiger partial charge in [-0.15, -0.1) is 5.10 Å². The molecular formula is C9H11N3O3S. The molecule has 0 bridgehead atoms. The highest BCUT2D eigenvalue weighted by Crippen LogP contribution is 2.10. The van der Waals surface area contributed by atoms with Crippen molar-refractivity contribution >= 4 is 21.2 Å². The molecular weight excluding hydrogens is 230 g/mol. The first-order valence-electron chi connectivity index (χ1n) is 4.75. The van der Waals surface area contributed by atoms with Crippen molar-refractivity contribution in [3.8, 4) is 0 Å². The molecule has 7 heteroatoms. The molecule has 0 amide bonds. The lowest BCUT2D eigenvalue weighted by molar-refractivity contribution is 0.242. The van der Waals surface area contributed by atoms with Crippen molar-refractivity contribution < 1.29 is 12.7 Å². The Labute approximate surface area is 92.9 Å². The zero-order valence-corrected chi connectivity index (χ0v) is 9.68. The van der Waals surface area contributed by atoms with Crippen molar-refractivity contribution in [2.75, 3.05) is 0 Å². The van der Waals surface area contributed by atoms with Gasteiger partial charge in [-0.05, 0) is 31.2 Å². The van der Waals surface area contributed by atoms with Gasteiger partial charge in [-0.25, -0.2) is 0 Å². The van der Waals surface area contributed by atoms with E-state index in [9.17, 15) is 8.42 Å². The first kappa shape index (κ1) is 10.9. The Bertz CT molecular complexity index is 603. The Morgan fingerprint density at radius 3 is 2.69 bits per heavy atom. The standard InChI is InChI=1S/C9H11N3O3S/c1-7(2)16(13,14)15-12-9-6-4-3-5-8(9)10-11-12/h3-7H,1-2H3. The maximum atomic E-state index is 11.5. The maximum Gasteiger partial charge on any atom is 0.330 e. The minimum atomic E-state index is -3.65. The molecule has 0 fully saturated rings. The van der Waals surface area contributed by atoms with Gasteiger partial charge in [0.15, 0.2) is 0 Å². The molecule has 1 heterocycles. The van der Waals surface area contributed by atoms with E-state index in [4.69, 9.17) is 4.28 Å². The third-order valence-corrected chi connectivity index (χ3v) is 3.58. The first-order valence-corrected chi connectivity index (χ1v) is 6.22. The highest BCUT2D eigenvalue weighted by Gasteiger charge is 2.20. The van der Waals surface area contributed by atoms with Gasteiger partial charge in [0.1, 0.15) is 11.0 Å². The minimum absolute atomic E-state index is 0.520. The molecule has 0 spiro atoms. The predicted octanol–water partition coefficient (Wildman–Crippen LogP) is 0.598. The van der Waals surface area contributed by atoms with Crippen LogP contribution in [0.4, 0.5) is 0 Å². The minimum Gasteiger partial charge on any atom is -0.267 e. The number of hydrogen-bond acceptors (Lipinski definition) is 5. The van der Waals surface area contributed by atoms with Crippen LogP contribution in [0.25, 0.3) is 11.0 Å². The lowest BCUT2D eigenvalue weighted by atomic mass is 10.3. The molecule has 1 aromatic heterocycles. The van der Waals surface area contributed by atoms with E-state index in [1.165, 1.54) is 13.8 Å². The average molecular weight is 241 g/mol. The van der Waals surface area contributed by atoms with Crippen LogP contribution < -0.4 is 4.28 Å². The number of fused-ring (bicyclic) bond motifs is 1. The van der Waals surface area contributed by atoms with Gasteiger partial charge in [0.05, 0.1) is 5.25 Å². The molecule has 0 saturated carbocycles. The maximum absolute atomic E-state index is 11.5. The van der Waals surface area contributed by atoms with Crippen LogP contribution in [0.1, 0.15) is 13.8 Å². The van der Waals surface area contributed by atoms with Crippen molar-refractivity contribution in [2.24, 2.45) is 0 Å². The van der Waals surface area contributed by atoms with E-state index in [1.807, 2.05) is 0 Å². The van der Waals surface area contributed by atoms with Gasteiger partial charge >= 0.3 is 10.1 Å². The average Bonchev–Trinajstić information content (AvgIpc) is 2.61. The second-order valence-corrected chi connectivity index (χ2v) is 5.64. The molecule has 2 rings (SSSR count). The van der Waals surface area contributed by atoms with Crippen LogP contribution in [-0.4, -0.2) is 28.8 Å². The van der Waals surface area contributed by atoms with Gasteiger partial charge in [0, 0.05) is 0 Å². The van der Waals surface area contributed by atoms with Crippen LogP contribution in [0.3, 0.4) is 0 Å². The van der Waals surface area contributed by atoms with Crippen LogP contribution in [-0.2, 0) is 10.1 Å². The van der Waals surface area contributed by atoms with Gasteiger partial charge in [0.2, 0.25) is 0 Å². The fraction of sp³-hybridized carbons (Fsp3) is 0.333. The summed E-state index contributed by atoms with van der Waals surface area (Å²) >= 11 is 0. The molecule has 6 nitrogen and oxygen atoms in total. The third-order valence-electron chi connectivity index (χ3n) is 2.07. The van der Waals surface area contributed by atoms with E-state index < -0.39 is 15.4 Å². The molecule has 0 aliphatic rings. The number of para-hydroxylation sites is 1. The van der Waals surface area contributed by atoms with E-state index in [1.54, 1.807) is 24.3 Å². The Balaban J connectivity index is 2.43. The zero-order chi connectivity index (χ0) is 11.8. The van der Waals surface area contributed by atoms with Crippen LogP contribution in [0.2, 0.25) is 0 Å². The summed E-state index contributed by atoms with van der Waals surface area (Å²) in [6.45, 7) is 3.07. The highest BCUT2D eigenvalue weighted by atomic mass is 32.2. The molecule has 16 heavy (non-hydrogen) atoms. The Morgan fingerprint density at radius 2 is 2.00 bits per heavy atom. The SMILES string of the molecule is CC(C)S(=O)(=O)On1nnc2ccccc21. The molecule has 0 atom stereocenters. The summed E-state index contributed by atoms with van der Waals surface area (Å²) in [6.07, 6.45) is 0. The number of hydrogen-bond donors (Lipinski definition) is 0. The van der Waals surface area contributed by atoms with Crippen LogP contribution in [0.5, 0.6) is 0 Å². The summed E-state index contributed by atoms with van der Waals surface area (Å²) in [4.78, 5) is 0.921. The molecule has 0 aliphatic heterocycles. The molecule has 0 radical (unpaired) electrons. The number of benzene rings is 1. The third kappa shape index (κ3) is 1.85. The van der Waals surface area contributed by atoms with E-state index in [2.05, 4.69) is 10.3 Å². The topological polar surface area (TPSA) is 74.1 Å². The summed E-state index contributed by atoms with van der Waals surface area (Å²) in [7, 11) is -3.65. The highest BCUT2D eigenvalue weighted by molar-refractivity contribution is 7.87. The van der Waals surface area contributed by atoms with E-state index >= 15 is 0 Å². The van der Waals surface area contributed by atoms with Crippen molar-refractivity contribution in [1.82, 2.24) is 15.2 Å². The van der Waals surface area contributed by atoms with Gasteiger partial charge < -0.3 is 0 Å². The van der Waals surface area contributed by atoms with Crippen molar-refractivity contribution in [2.45, 2.75) is 19.1 Å². The molecule has 0 unspecified atom stereocenters. The van der Waals surface area contributed by atoms with Crippen molar-refractivity contribution in [1.29, 1.82) is 0 Å². The second kappa shape index (κ2) is 3.75. The normalized spacial score (nSPS) is 12.2. The lowest BCUT2D eigenvalue weighted by Gasteiger charge is -2.07. The summed E-state index contributed by atoms with van der Waals surface area (Å²) < 4.78 is 27.9. The molecule has 0 saturated heterocycles.